The lowest BCUT2D eigenvalue weighted by Gasteiger charge is -2.17. The van der Waals surface area contributed by atoms with Crippen molar-refractivity contribution in [2.75, 3.05) is 25.4 Å². The Morgan fingerprint density at radius 2 is 1.97 bits per heavy atom. The lowest BCUT2D eigenvalue weighted by atomic mass is 10.1. The van der Waals surface area contributed by atoms with Crippen LogP contribution in [0.15, 0.2) is 36.4 Å². The Morgan fingerprint density at radius 1 is 1.24 bits per heavy atom. The number of nitrogens with two attached hydrogens (primary N) is 1. The molecule has 2 aromatic carbocycles. The van der Waals surface area contributed by atoms with Crippen LogP contribution in [0.2, 0.25) is 0 Å². The van der Waals surface area contributed by atoms with Gasteiger partial charge in [-0.15, -0.1) is 0 Å². The molecule has 1 aliphatic heterocycles. The first kappa shape index (κ1) is 24.8. The normalized spacial score (nSPS) is 16.3. The Labute approximate surface area is 191 Å². The lowest BCUT2D eigenvalue weighted by molar-refractivity contribution is -0.385. The number of benzene rings is 2. The molecule has 5 N–H and O–H groups in total. The number of hydrogen-bond acceptors (Lipinski definition) is 7. The van der Waals surface area contributed by atoms with Gasteiger partial charge in [0.25, 0.3) is 5.91 Å². The van der Waals surface area contributed by atoms with Crippen LogP contribution < -0.4 is 16.4 Å². The van der Waals surface area contributed by atoms with Gasteiger partial charge in [0, 0.05) is 37.4 Å². The molecular formula is C21H22F3N5O5. The van der Waals surface area contributed by atoms with Gasteiger partial charge in [-0.2, -0.15) is 13.2 Å². The number of likely N-dealkylation sites (tertiary alicyclic amines) is 1. The molecule has 0 bridgehead atoms. The van der Waals surface area contributed by atoms with E-state index in [-0.39, 0.29) is 17.3 Å². The second-order valence-electron chi connectivity index (χ2n) is 7.85. The Morgan fingerprint density at radius 3 is 2.65 bits per heavy atom. The summed E-state index contributed by atoms with van der Waals surface area (Å²) in [7, 11) is 0. The SMILES string of the molecule is Nc1ccc(C(F)(F)F)cc1C(=O)NCC(=O)NC1CCN(Cc2ccc(O)c([N+](=O)[O-])c2)C1. The Hall–Kier alpha value is -3.87. The fraction of sp³-hybridized carbons (Fsp3) is 0.333. The van der Waals surface area contributed by atoms with Gasteiger partial charge in [0.05, 0.1) is 22.6 Å². The molecule has 1 unspecified atom stereocenters. The predicted molar refractivity (Wildman–Crippen MR) is 115 cm³/mol. The molecule has 0 radical (unpaired) electrons. The van der Waals surface area contributed by atoms with E-state index >= 15 is 0 Å². The van der Waals surface area contributed by atoms with Crippen molar-refractivity contribution in [3.63, 3.8) is 0 Å². The number of amides is 2. The molecule has 1 atom stereocenters. The molecule has 10 nitrogen and oxygen atoms in total. The van der Waals surface area contributed by atoms with Crippen molar-refractivity contribution in [1.82, 2.24) is 15.5 Å². The van der Waals surface area contributed by atoms with Crippen LogP contribution in [0.5, 0.6) is 5.75 Å². The lowest BCUT2D eigenvalue weighted by Crippen LogP contribution is -2.43. The van der Waals surface area contributed by atoms with E-state index in [1.165, 1.54) is 12.1 Å². The van der Waals surface area contributed by atoms with Gasteiger partial charge in [-0.1, -0.05) is 6.07 Å². The van der Waals surface area contributed by atoms with Gasteiger partial charge in [0.2, 0.25) is 5.91 Å². The predicted octanol–water partition coefficient (Wildman–Crippen LogP) is 2.02. The Kier molecular flexibility index (Phi) is 7.25. The van der Waals surface area contributed by atoms with Crippen LogP contribution >= 0.6 is 0 Å². The monoisotopic (exact) mass is 481 g/mol. The zero-order chi connectivity index (χ0) is 25.0. The van der Waals surface area contributed by atoms with Crippen LogP contribution in [-0.2, 0) is 17.5 Å². The van der Waals surface area contributed by atoms with E-state index in [0.29, 0.717) is 37.7 Å². The molecule has 3 rings (SSSR count). The summed E-state index contributed by atoms with van der Waals surface area (Å²) in [5, 5.41) is 25.5. The van der Waals surface area contributed by atoms with Crippen LogP contribution in [0.4, 0.5) is 24.5 Å². The summed E-state index contributed by atoms with van der Waals surface area (Å²) in [6.07, 6.45) is -4.04. The number of phenols is 1. The van der Waals surface area contributed by atoms with Crippen molar-refractivity contribution in [3.8, 4) is 5.75 Å². The number of nitro groups is 1. The molecule has 0 aromatic heterocycles. The van der Waals surface area contributed by atoms with Crippen molar-refractivity contribution >= 4 is 23.2 Å². The molecule has 2 aromatic rings. The van der Waals surface area contributed by atoms with Crippen LogP contribution in [0.25, 0.3) is 0 Å². The molecule has 2 amide bonds. The second kappa shape index (κ2) is 9.95. The molecule has 1 aliphatic rings. The molecule has 182 valence electrons. The van der Waals surface area contributed by atoms with Crippen molar-refractivity contribution in [2.24, 2.45) is 0 Å². The number of carbonyl (C=O) groups is 2. The highest BCUT2D eigenvalue weighted by molar-refractivity contribution is 6.00. The standard InChI is InChI=1S/C21H22F3N5O5/c22-21(23,24)13-2-3-16(25)15(8-13)20(32)26-9-19(31)27-14-5-6-28(11-14)10-12-1-4-18(30)17(7-12)29(33)34/h1-4,7-8,14,30H,5-6,9-11,25H2,(H,26,32)(H,27,31). The molecule has 34 heavy (non-hydrogen) atoms. The van der Waals surface area contributed by atoms with Crippen LogP contribution in [0.1, 0.15) is 27.9 Å². The van der Waals surface area contributed by atoms with E-state index in [1.807, 2.05) is 4.90 Å². The second-order valence-corrected chi connectivity index (χ2v) is 7.85. The molecule has 1 saturated heterocycles. The van der Waals surface area contributed by atoms with E-state index in [1.54, 1.807) is 6.07 Å². The first-order chi connectivity index (χ1) is 15.9. The smallest absolute Gasteiger partial charge is 0.416 e. The van der Waals surface area contributed by atoms with Gasteiger partial charge in [-0.05, 0) is 36.2 Å². The van der Waals surface area contributed by atoms with Crippen molar-refractivity contribution in [1.29, 1.82) is 0 Å². The number of nitrogen functional groups attached to an aromatic ring is 1. The summed E-state index contributed by atoms with van der Waals surface area (Å²) >= 11 is 0. The maximum absolute atomic E-state index is 12.9. The highest BCUT2D eigenvalue weighted by Gasteiger charge is 2.31. The van der Waals surface area contributed by atoms with E-state index in [9.17, 15) is 38.0 Å². The van der Waals surface area contributed by atoms with Crippen molar-refractivity contribution in [2.45, 2.75) is 25.2 Å². The number of halogens is 3. The van der Waals surface area contributed by atoms with Crippen LogP contribution in [0.3, 0.4) is 0 Å². The number of rotatable bonds is 7. The summed E-state index contributed by atoms with van der Waals surface area (Å²) in [6, 6.07) is 6.25. The summed E-state index contributed by atoms with van der Waals surface area (Å²) in [6.45, 7) is 0.982. The summed E-state index contributed by atoms with van der Waals surface area (Å²) in [5.41, 5.74) is 4.29. The third-order valence-corrected chi connectivity index (χ3v) is 5.31. The van der Waals surface area contributed by atoms with Gasteiger partial charge in [0.15, 0.2) is 5.75 Å². The van der Waals surface area contributed by atoms with Crippen LogP contribution in [0, 0.1) is 10.1 Å². The molecule has 1 heterocycles. The average molecular weight is 481 g/mol. The molecule has 0 saturated carbocycles. The van der Waals surface area contributed by atoms with Gasteiger partial charge in [-0.3, -0.25) is 24.6 Å². The minimum atomic E-state index is -4.64. The quantitative estimate of drug-likeness (QED) is 0.268. The minimum absolute atomic E-state index is 0.146. The first-order valence-electron chi connectivity index (χ1n) is 10.2. The van der Waals surface area contributed by atoms with E-state index < -0.39 is 46.5 Å². The topological polar surface area (TPSA) is 151 Å². The van der Waals surface area contributed by atoms with Gasteiger partial charge >= 0.3 is 11.9 Å². The highest BCUT2D eigenvalue weighted by Crippen LogP contribution is 2.31. The van der Waals surface area contributed by atoms with E-state index in [4.69, 9.17) is 5.73 Å². The number of anilines is 1. The number of alkyl halides is 3. The molecule has 0 aliphatic carbocycles. The number of nitrogens with zero attached hydrogens (tertiary/aromatic N) is 2. The largest absolute Gasteiger partial charge is 0.502 e. The van der Waals surface area contributed by atoms with Crippen molar-refractivity contribution < 1.29 is 32.8 Å². The Balaban J connectivity index is 1.50. The Bertz CT molecular complexity index is 1110. The number of phenolic OH excluding ortho intramolecular Hbond substituents is 1. The zero-order valence-electron chi connectivity index (χ0n) is 17.8. The zero-order valence-corrected chi connectivity index (χ0v) is 17.8. The molecule has 0 spiro atoms. The minimum Gasteiger partial charge on any atom is -0.502 e. The highest BCUT2D eigenvalue weighted by atomic mass is 19.4. The summed E-state index contributed by atoms with van der Waals surface area (Å²) in [5.74, 6) is -1.85. The van der Waals surface area contributed by atoms with E-state index in [0.717, 1.165) is 12.1 Å². The molecule has 13 heteroatoms. The first-order valence-corrected chi connectivity index (χ1v) is 10.2. The number of nitro benzene ring substituents is 1. The van der Waals surface area contributed by atoms with E-state index in [2.05, 4.69) is 10.6 Å². The van der Waals surface area contributed by atoms with Gasteiger partial charge in [-0.25, -0.2) is 0 Å². The van der Waals surface area contributed by atoms with Gasteiger partial charge in [0.1, 0.15) is 0 Å². The third-order valence-electron chi connectivity index (χ3n) is 5.31. The van der Waals surface area contributed by atoms with Gasteiger partial charge < -0.3 is 21.5 Å². The van der Waals surface area contributed by atoms with Crippen LogP contribution in [-0.4, -0.2) is 52.4 Å². The summed E-state index contributed by atoms with van der Waals surface area (Å²) < 4.78 is 38.6. The number of aromatic hydroxyl groups is 1. The number of nitrogens with one attached hydrogen (secondary N) is 2. The maximum atomic E-state index is 12.9. The average Bonchev–Trinajstić information content (AvgIpc) is 3.19. The maximum Gasteiger partial charge on any atom is 0.416 e. The number of carbonyl (C=O) groups excluding carboxylic acids is 2. The third kappa shape index (κ3) is 6.13. The number of hydrogen-bond donors (Lipinski definition) is 4. The summed E-state index contributed by atoms with van der Waals surface area (Å²) in [4.78, 5) is 36.7. The van der Waals surface area contributed by atoms with Crippen molar-refractivity contribution in [3.05, 3.63) is 63.2 Å². The fourth-order valence-corrected chi connectivity index (χ4v) is 3.63. The molecule has 1 fully saturated rings. The molecular weight excluding hydrogens is 459 g/mol. The fourth-order valence-electron chi connectivity index (χ4n) is 3.63.